The molecule has 1 N–H and O–H groups in total. The fourth-order valence-electron chi connectivity index (χ4n) is 3.22. The minimum absolute atomic E-state index is 0.225. The number of nitrogens with zero attached hydrogens (tertiary/aromatic N) is 6. The van der Waals surface area contributed by atoms with Crippen molar-refractivity contribution in [3.05, 3.63) is 47.4 Å². The summed E-state index contributed by atoms with van der Waals surface area (Å²) in [6.07, 6.45) is 7.79. The predicted octanol–water partition coefficient (Wildman–Crippen LogP) is 1.99. The van der Waals surface area contributed by atoms with Crippen LogP contribution in [0.2, 0.25) is 0 Å². The maximum Gasteiger partial charge on any atom is 0.259 e. The Morgan fingerprint density at radius 2 is 2.31 bits per heavy atom. The highest BCUT2D eigenvalue weighted by molar-refractivity contribution is 7.13. The highest BCUT2D eigenvalue weighted by atomic mass is 32.1. The maximum atomic E-state index is 12.2. The molecule has 3 aromatic heterocycles. The van der Waals surface area contributed by atoms with Gasteiger partial charge in [-0.25, -0.2) is 4.98 Å². The normalized spacial score (nSPS) is 16.8. The Bertz CT molecular complexity index is 875. The van der Waals surface area contributed by atoms with Crippen molar-refractivity contribution in [1.82, 2.24) is 25.0 Å². The van der Waals surface area contributed by atoms with Crippen LogP contribution in [0.25, 0.3) is 0 Å². The van der Waals surface area contributed by atoms with Gasteiger partial charge in [-0.2, -0.15) is 5.10 Å². The van der Waals surface area contributed by atoms with E-state index in [1.807, 2.05) is 24.0 Å². The van der Waals surface area contributed by atoms with Crippen molar-refractivity contribution in [2.24, 2.45) is 13.0 Å². The second-order valence-corrected chi connectivity index (χ2v) is 7.26. The van der Waals surface area contributed by atoms with Crippen LogP contribution in [-0.2, 0) is 13.5 Å². The van der Waals surface area contributed by atoms with E-state index in [9.17, 15) is 4.79 Å². The van der Waals surface area contributed by atoms with Crippen molar-refractivity contribution >= 4 is 28.2 Å². The molecule has 0 aliphatic carbocycles. The SMILES string of the molecule is Cn1cc(CC2CCN(c3ccc(C(=O)Nc4nncs4)cn3)C2)cn1. The van der Waals surface area contributed by atoms with Crippen LogP contribution in [-0.4, -0.2) is 44.0 Å². The fourth-order valence-corrected chi connectivity index (χ4v) is 3.66. The zero-order valence-corrected chi connectivity index (χ0v) is 15.2. The van der Waals surface area contributed by atoms with Gasteiger partial charge in [-0.1, -0.05) is 11.3 Å². The van der Waals surface area contributed by atoms with E-state index in [0.717, 1.165) is 31.7 Å². The molecule has 8 nitrogen and oxygen atoms in total. The Labute approximate surface area is 154 Å². The van der Waals surface area contributed by atoms with Gasteiger partial charge in [0.1, 0.15) is 11.3 Å². The molecule has 4 heterocycles. The van der Waals surface area contributed by atoms with Crippen LogP contribution < -0.4 is 10.2 Å². The summed E-state index contributed by atoms with van der Waals surface area (Å²) in [5, 5.41) is 14.9. The molecule has 1 fully saturated rings. The summed E-state index contributed by atoms with van der Waals surface area (Å²) in [4.78, 5) is 18.9. The van der Waals surface area contributed by atoms with E-state index in [0.29, 0.717) is 16.6 Å². The number of aryl methyl sites for hydroxylation is 1. The zero-order chi connectivity index (χ0) is 17.9. The van der Waals surface area contributed by atoms with Crippen LogP contribution in [0.15, 0.2) is 36.2 Å². The van der Waals surface area contributed by atoms with Gasteiger partial charge in [-0.3, -0.25) is 14.8 Å². The molecular weight excluding hydrogens is 350 g/mol. The molecule has 1 saturated heterocycles. The summed E-state index contributed by atoms with van der Waals surface area (Å²) in [6.45, 7) is 1.95. The molecule has 0 aromatic carbocycles. The molecule has 9 heteroatoms. The lowest BCUT2D eigenvalue weighted by Crippen LogP contribution is -2.21. The number of carbonyl (C=O) groups excluding carboxylic acids is 1. The minimum Gasteiger partial charge on any atom is -0.356 e. The van der Waals surface area contributed by atoms with Crippen molar-refractivity contribution in [2.45, 2.75) is 12.8 Å². The summed E-state index contributed by atoms with van der Waals surface area (Å²) in [5.74, 6) is 1.28. The molecule has 1 aliphatic rings. The van der Waals surface area contributed by atoms with Gasteiger partial charge in [-0.15, -0.1) is 10.2 Å². The monoisotopic (exact) mass is 369 g/mol. The molecule has 0 radical (unpaired) electrons. The first-order chi connectivity index (χ1) is 12.7. The van der Waals surface area contributed by atoms with Crippen molar-refractivity contribution in [3.63, 3.8) is 0 Å². The summed E-state index contributed by atoms with van der Waals surface area (Å²) >= 11 is 1.28. The molecule has 4 rings (SSSR count). The van der Waals surface area contributed by atoms with E-state index in [1.165, 1.54) is 16.9 Å². The summed E-state index contributed by atoms with van der Waals surface area (Å²) < 4.78 is 1.84. The summed E-state index contributed by atoms with van der Waals surface area (Å²) in [7, 11) is 1.94. The van der Waals surface area contributed by atoms with Gasteiger partial charge in [0, 0.05) is 32.5 Å². The van der Waals surface area contributed by atoms with Gasteiger partial charge in [0.15, 0.2) is 0 Å². The first kappa shape index (κ1) is 16.6. The lowest BCUT2D eigenvalue weighted by molar-refractivity contribution is 0.102. The van der Waals surface area contributed by atoms with E-state index >= 15 is 0 Å². The van der Waals surface area contributed by atoms with E-state index in [4.69, 9.17) is 0 Å². The van der Waals surface area contributed by atoms with E-state index in [2.05, 4.69) is 36.7 Å². The van der Waals surface area contributed by atoms with Crippen LogP contribution in [0.5, 0.6) is 0 Å². The lowest BCUT2D eigenvalue weighted by atomic mass is 10.0. The number of carbonyl (C=O) groups is 1. The van der Waals surface area contributed by atoms with Crippen LogP contribution >= 0.6 is 11.3 Å². The highest BCUT2D eigenvalue weighted by Crippen LogP contribution is 2.25. The molecule has 0 bridgehead atoms. The number of pyridine rings is 1. The van der Waals surface area contributed by atoms with Gasteiger partial charge < -0.3 is 4.90 Å². The van der Waals surface area contributed by atoms with Gasteiger partial charge in [0.2, 0.25) is 5.13 Å². The number of aromatic nitrogens is 5. The first-order valence-corrected chi connectivity index (χ1v) is 9.31. The Balaban J connectivity index is 1.35. The third-order valence-corrected chi connectivity index (χ3v) is 5.09. The number of anilines is 2. The molecule has 1 amide bonds. The Morgan fingerprint density at radius 1 is 1.38 bits per heavy atom. The largest absolute Gasteiger partial charge is 0.356 e. The number of nitrogens with one attached hydrogen (secondary N) is 1. The third-order valence-electron chi connectivity index (χ3n) is 4.48. The number of rotatable bonds is 5. The fraction of sp³-hybridized carbons (Fsp3) is 0.353. The average Bonchev–Trinajstić information content (AvgIpc) is 3.39. The number of hydrogen-bond donors (Lipinski definition) is 1. The Kier molecular flexibility index (Phi) is 4.61. The third kappa shape index (κ3) is 3.72. The Hall–Kier alpha value is -2.81. The number of amides is 1. The molecule has 0 saturated carbocycles. The van der Waals surface area contributed by atoms with Crippen LogP contribution in [0.4, 0.5) is 10.9 Å². The topological polar surface area (TPSA) is 88.8 Å². The second kappa shape index (κ2) is 7.20. The molecule has 1 aliphatic heterocycles. The van der Waals surface area contributed by atoms with Crippen molar-refractivity contribution in [3.8, 4) is 0 Å². The summed E-state index contributed by atoms with van der Waals surface area (Å²) in [5.41, 5.74) is 3.36. The van der Waals surface area contributed by atoms with Crippen LogP contribution in [0.3, 0.4) is 0 Å². The van der Waals surface area contributed by atoms with Crippen LogP contribution in [0.1, 0.15) is 22.3 Å². The standard InChI is InChI=1S/C17H19N7OS/c1-23-9-13(7-20-23)6-12-4-5-24(10-12)15-3-2-14(8-18-15)16(25)21-17-22-19-11-26-17/h2-3,7-9,11-12H,4-6,10H2,1H3,(H,21,22,25). The number of hydrogen-bond acceptors (Lipinski definition) is 7. The predicted molar refractivity (Wildman–Crippen MR) is 99.3 cm³/mol. The van der Waals surface area contributed by atoms with E-state index in [1.54, 1.807) is 17.8 Å². The van der Waals surface area contributed by atoms with Gasteiger partial charge >= 0.3 is 0 Å². The van der Waals surface area contributed by atoms with Crippen LogP contribution in [0, 0.1) is 5.92 Å². The quantitative estimate of drug-likeness (QED) is 0.740. The van der Waals surface area contributed by atoms with Crippen molar-refractivity contribution in [1.29, 1.82) is 0 Å². The van der Waals surface area contributed by atoms with E-state index in [-0.39, 0.29) is 5.91 Å². The van der Waals surface area contributed by atoms with Crippen molar-refractivity contribution < 1.29 is 4.79 Å². The van der Waals surface area contributed by atoms with Crippen molar-refractivity contribution in [2.75, 3.05) is 23.3 Å². The molecule has 1 unspecified atom stereocenters. The molecule has 26 heavy (non-hydrogen) atoms. The second-order valence-electron chi connectivity index (χ2n) is 6.43. The average molecular weight is 369 g/mol. The first-order valence-electron chi connectivity index (χ1n) is 8.43. The minimum atomic E-state index is -0.225. The highest BCUT2D eigenvalue weighted by Gasteiger charge is 2.24. The lowest BCUT2D eigenvalue weighted by Gasteiger charge is -2.17. The van der Waals surface area contributed by atoms with Gasteiger partial charge in [0.25, 0.3) is 5.91 Å². The smallest absolute Gasteiger partial charge is 0.259 e. The zero-order valence-electron chi connectivity index (χ0n) is 14.4. The maximum absolute atomic E-state index is 12.2. The van der Waals surface area contributed by atoms with Gasteiger partial charge in [-0.05, 0) is 36.5 Å². The summed E-state index contributed by atoms with van der Waals surface area (Å²) in [6, 6.07) is 3.70. The molecular formula is C17H19N7OS. The van der Waals surface area contributed by atoms with Gasteiger partial charge in [0.05, 0.1) is 11.8 Å². The molecule has 1 atom stereocenters. The van der Waals surface area contributed by atoms with E-state index < -0.39 is 0 Å². The molecule has 0 spiro atoms. The molecule has 3 aromatic rings. The Morgan fingerprint density at radius 3 is 3.00 bits per heavy atom. The molecule has 134 valence electrons.